The van der Waals surface area contributed by atoms with Gasteiger partial charge in [-0.05, 0) is 12.1 Å². The van der Waals surface area contributed by atoms with Crippen molar-refractivity contribution in [2.24, 2.45) is 7.05 Å². The number of hydrogen-bond donors (Lipinski definition) is 0. The average molecular weight is 240 g/mol. The molecule has 17 heavy (non-hydrogen) atoms. The van der Waals surface area contributed by atoms with Crippen LogP contribution < -0.4 is 0 Å². The van der Waals surface area contributed by atoms with E-state index in [0.29, 0.717) is 5.69 Å². The Balaban J connectivity index is 2.38. The summed E-state index contributed by atoms with van der Waals surface area (Å²) in [4.78, 5) is 7.87. The largest absolute Gasteiger partial charge is 0.269 e. The molecule has 0 aliphatic rings. The van der Waals surface area contributed by atoms with Gasteiger partial charge in [-0.2, -0.15) is 5.10 Å². The van der Waals surface area contributed by atoms with Crippen molar-refractivity contribution in [2.75, 3.05) is 0 Å². The minimum atomic E-state index is 0.661. The Morgan fingerprint density at radius 1 is 1.35 bits per heavy atom. The summed E-state index contributed by atoms with van der Waals surface area (Å²) in [6.07, 6.45) is 1.74. The van der Waals surface area contributed by atoms with Gasteiger partial charge in [-0.25, -0.2) is 9.83 Å². The smallest absolute Gasteiger partial charge is 0.215 e. The molecule has 3 aromatic rings. The lowest BCUT2D eigenvalue weighted by Gasteiger charge is -2.05. The van der Waals surface area contributed by atoms with Crippen LogP contribution in [0.15, 0.2) is 29.9 Å². The Morgan fingerprint density at radius 2 is 2.24 bits per heavy atom. The van der Waals surface area contributed by atoms with E-state index in [0.717, 1.165) is 21.5 Å². The summed E-state index contributed by atoms with van der Waals surface area (Å²) in [7, 11) is 1.87. The third-order valence-electron chi connectivity index (χ3n) is 2.68. The molecule has 1 aromatic carbocycles. The third-order valence-corrected chi connectivity index (χ3v) is 3.53. The molecule has 0 atom stereocenters. The van der Waals surface area contributed by atoms with Crippen molar-refractivity contribution in [2.45, 2.75) is 0 Å². The van der Waals surface area contributed by atoms with Crippen LogP contribution >= 0.6 is 11.3 Å². The maximum atomic E-state index is 7.35. The normalized spacial score (nSPS) is 10.6. The standard InChI is InChI=1S/C12H8N4S/c1-13-11-8(10-5-6-15-16(10)2)3-4-9-12(11)17-7-14-9/h3-7H,2H3. The second kappa shape index (κ2) is 3.68. The Bertz CT molecular complexity index is 732. The van der Waals surface area contributed by atoms with Gasteiger partial charge < -0.3 is 0 Å². The molecule has 0 aliphatic heterocycles. The van der Waals surface area contributed by atoms with Crippen molar-refractivity contribution in [3.05, 3.63) is 41.3 Å². The summed E-state index contributed by atoms with van der Waals surface area (Å²) in [6.45, 7) is 7.35. The Labute approximate surface area is 102 Å². The highest BCUT2D eigenvalue weighted by molar-refractivity contribution is 7.17. The Hall–Kier alpha value is -2.19. The number of benzene rings is 1. The Morgan fingerprint density at radius 3 is 2.94 bits per heavy atom. The summed E-state index contributed by atoms with van der Waals surface area (Å²) >= 11 is 1.50. The maximum Gasteiger partial charge on any atom is 0.215 e. The molecule has 4 nitrogen and oxygen atoms in total. The summed E-state index contributed by atoms with van der Waals surface area (Å²) in [5.74, 6) is 0. The van der Waals surface area contributed by atoms with Crippen molar-refractivity contribution < 1.29 is 0 Å². The molecule has 5 heteroatoms. The molecule has 0 aliphatic carbocycles. The summed E-state index contributed by atoms with van der Waals surface area (Å²) in [6, 6.07) is 5.80. The second-order valence-corrected chi connectivity index (χ2v) is 4.47. The van der Waals surface area contributed by atoms with E-state index in [4.69, 9.17) is 6.57 Å². The first-order valence-corrected chi connectivity index (χ1v) is 5.91. The van der Waals surface area contributed by atoms with E-state index in [2.05, 4.69) is 14.9 Å². The molecular formula is C12H8N4S. The number of nitrogens with zero attached hydrogens (tertiary/aromatic N) is 4. The van der Waals surface area contributed by atoms with E-state index in [1.54, 1.807) is 16.4 Å². The van der Waals surface area contributed by atoms with Crippen LogP contribution in [-0.4, -0.2) is 14.8 Å². The van der Waals surface area contributed by atoms with Crippen molar-refractivity contribution >= 4 is 27.2 Å². The predicted molar refractivity (Wildman–Crippen MR) is 68.1 cm³/mol. The van der Waals surface area contributed by atoms with Gasteiger partial charge in [0.2, 0.25) is 5.69 Å². The molecule has 2 aromatic heterocycles. The van der Waals surface area contributed by atoms with Crippen LogP contribution in [0.1, 0.15) is 0 Å². The fourth-order valence-electron chi connectivity index (χ4n) is 1.87. The zero-order valence-electron chi connectivity index (χ0n) is 9.08. The monoisotopic (exact) mass is 240 g/mol. The molecule has 3 rings (SSSR count). The molecule has 0 saturated carbocycles. The molecule has 0 unspecified atom stereocenters. The predicted octanol–water partition coefficient (Wildman–Crippen LogP) is 3.25. The van der Waals surface area contributed by atoms with Gasteiger partial charge in [0.15, 0.2) is 0 Å². The molecular weight excluding hydrogens is 232 g/mol. The maximum absolute atomic E-state index is 7.35. The van der Waals surface area contributed by atoms with Crippen molar-refractivity contribution in [1.29, 1.82) is 0 Å². The van der Waals surface area contributed by atoms with Crippen LogP contribution in [0.4, 0.5) is 5.69 Å². The molecule has 0 radical (unpaired) electrons. The summed E-state index contributed by atoms with van der Waals surface area (Å²) in [5, 5.41) is 4.14. The molecule has 0 N–H and O–H groups in total. The van der Waals surface area contributed by atoms with Crippen LogP contribution in [0, 0.1) is 6.57 Å². The highest BCUT2D eigenvalue weighted by atomic mass is 32.1. The highest BCUT2D eigenvalue weighted by Crippen LogP contribution is 2.38. The fraction of sp³-hybridized carbons (Fsp3) is 0.0833. The minimum absolute atomic E-state index is 0.661. The van der Waals surface area contributed by atoms with E-state index in [9.17, 15) is 0 Å². The van der Waals surface area contributed by atoms with Gasteiger partial charge in [0.1, 0.15) is 0 Å². The van der Waals surface area contributed by atoms with Crippen molar-refractivity contribution in [3.63, 3.8) is 0 Å². The topological polar surface area (TPSA) is 35.1 Å². The van der Waals surface area contributed by atoms with Crippen molar-refractivity contribution in [1.82, 2.24) is 14.8 Å². The molecule has 2 heterocycles. The zero-order valence-corrected chi connectivity index (χ0v) is 9.90. The minimum Gasteiger partial charge on any atom is -0.269 e. The van der Waals surface area contributed by atoms with Crippen LogP contribution in [0.5, 0.6) is 0 Å². The number of aryl methyl sites for hydroxylation is 1. The second-order valence-electron chi connectivity index (χ2n) is 3.61. The fourth-order valence-corrected chi connectivity index (χ4v) is 2.65. The highest BCUT2D eigenvalue weighted by Gasteiger charge is 2.13. The van der Waals surface area contributed by atoms with Gasteiger partial charge in [0.05, 0.1) is 28.0 Å². The van der Waals surface area contributed by atoms with Gasteiger partial charge in [0, 0.05) is 18.8 Å². The van der Waals surface area contributed by atoms with E-state index in [-0.39, 0.29) is 0 Å². The molecule has 0 saturated heterocycles. The van der Waals surface area contributed by atoms with Gasteiger partial charge >= 0.3 is 0 Å². The molecule has 0 fully saturated rings. The van der Waals surface area contributed by atoms with Crippen LogP contribution in [-0.2, 0) is 7.05 Å². The number of thiazole rings is 1. The van der Waals surface area contributed by atoms with Crippen LogP contribution in [0.25, 0.3) is 26.3 Å². The molecule has 0 amide bonds. The molecule has 0 spiro atoms. The summed E-state index contributed by atoms with van der Waals surface area (Å²) < 4.78 is 2.72. The van der Waals surface area contributed by atoms with E-state index >= 15 is 0 Å². The number of rotatable bonds is 1. The van der Waals surface area contributed by atoms with Gasteiger partial charge in [0.25, 0.3) is 0 Å². The van der Waals surface area contributed by atoms with Gasteiger partial charge in [-0.1, -0.05) is 6.07 Å². The first kappa shape index (κ1) is 10.00. The molecule has 82 valence electrons. The third kappa shape index (κ3) is 1.42. The van der Waals surface area contributed by atoms with E-state index in [1.165, 1.54) is 11.3 Å². The Kier molecular flexibility index (Phi) is 2.16. The quantitative estimate of drug-likeness (QED) is 0.612. The average Bonchev–Trinajstić information content (AvgIpc) is 2.95. The number of hydrogen-bond acceptors (Lipinski definition) is 3. The number of aromatic nitrogens is 3. The van der Waals surface area contributed by atoms with E-state index < -0.39 is 0 Å². The first-order valence-electron chi connectivity index (χ1n) is 5.03. The first-order chi connectivity index (χ1) is 8.31. The molecule has 0 bridgehead atoms. The van der Waals surface area contributed by atoms with Crippen molar-refractivity contribution in [3.8, 4) is 11.3 Å². The lowest BCUT2D eigenvalue weighted by atomic mass is 10.1. The number of fused-ring (bicyclic) bond motifs is 1. The lowest BCUT2D eigenvalue weighted by Crippen LogP contribution is -1.93. The van der Waals surface area contributed by atoms with Crippen LogP contribution in [0.2, 0.25) is 0 Å². The SMILES string of the molecule is [C-]#[N+]c1c(-c2ccnn2C)ccc2ncsc12. The van der Waals surface area contributed by atoms with E-state index in [1.807, 2.05) is 25.2 Å². The summed E-state index contributed by atoms with van der Waals surface area (Å²) in [5.41, 5.74) is 5.18. The lowest BCUT2D eigenvalue weighted by molar-refractivity contribution is 0.776. The van der Waals surface area contributed by atoms with Gasteiger partial charge in [-0.15, -0.1) is 11.3 Å². The van der Waals surface area contributed by atoms with Crippen LogP contribution in [0.3, 0.4) is 0 Å². The zero-order chi connectivity index (χ0) is 11.8. The van der Waals surface area contributed by atoms with Gasteiger partial charge in [-0.3, -0.25) is 4.68 Å².